The summed E-state index contributed by atoms with van der Waals surface area (Å²) in [4.78, 5) is 18.6. The van der Waals surface area contributed by atoms with Gasteiger partial charge in [-0.05, 0) is 30.0 Å². The van der Waals surface area contributed by atoms with Crippen LogP contribution in [0.2, 0.25) is 5.02 Å². The molecule has 4 nitrogen and oxygen atoms in total. The summed E-state index contributed by atoms with van der Waals surface area (Å²) in [5.74, 6) is 0.249. The van der Waals surface area contributed by atoms with Crippen LogP contribution in [0.15, 0.2) is 23.0 Å². The third-order valence-electron chi connectivity index (χ3n) is 2.55. The van der Waals surface area contributed by atoms with E-state index in [0.29, 0.717) is 21.7 Å². The maximum absolute atomic E-state index is 11.9. The van der Waals surface area contributed by atoms with Crippen LogP contribution < -0.4 is 10.9 Å². The van der Waals surface area contributed by atoms with Gasteiger partial charge >= 0.3 is 5.51 Å². The predicted molar refractivity (Wildman–Crippen MR) is 77.6 cm³/mol. The molecule has 0 aliphatic carbocycles. The second kappa shape index (κ2) is 6.67. The van der Waals surface area contributed by atoms with Crippen LogP contribution >= 0.6 is 23.4 Å². The molecule has 0 saturated carbocycles. The van der Waals surface area contributed by atoms with Crippen LogP contribution in [0.5, 0.6) is 0 Å². The normalized spacial score (nSPS) is 12.0. The number of thioether (sulfide) groups is 1. The van der Waals surface area contributed by atoms with E-state index >= 15 is 0 Å². The Labute approximate surface area is 127 Å². The molecule has 0 unspecified atom stereocenters. The smallest absolute Gasteiger partial charge is 0.309 e. The van der Waals surface area contributed by atoms with E-state index in [1.165, 1.54) is 0 Å². The van der Waals surface area contributed by atoms with Gasteiger partial charge in [0, 0.05) is 17.3 Å². The van der Waals surface area contributed by atoms with Gasteiger partial charge in [0.2, 0.25) is 0 Å². The largest absolute Gasteiger partial charge is 0.441 e. The molecule has 0 atom stereocenters. The summed E-state index contributed by atoms with van der Waals surface area (Å²) < 4.78 is 35.8. The number of aromatic nitrogens is 2. The van der Waals surface area contributed by atoms with Gasteiger partial charge in [-0.3, -0.25) is 4.79 Å². The summed E-state index contributed by atoms with van der Waals surface area (Å²) in [6.07, 6.45) is 0. The fourth-order valence-electron chi connectivity index (χ4n) is 1.69. The van der Waals surface area contributed by atoms with E-state index in [1.807, 2.05) is 0 Å². The summed E-state index contributed by atoms with van der Waals surface area (Å²) in [6.45, 7) is 0.331. The molecular weight excluding hydrogens is 327 g/mol. The fraction of sp³-hybridized carbons (Fsp3) is 0.333. The molecule has 2 rings (SSSR count). The lowest BCUT2D eigenvalue weighted by atomic mass is 10.2. The first-order chi connectivity index (χ1) is 9.85. The van der Waals surface area contributed by atoms with Crippen molar-refractivity contribution in [3.63, 3.8) is 0 Å². The topological polar surface area (TPSA) is 57.8 Å². The number of alkyl halides is 3. The predicted octanol–water partition coefficient (Wildman–Crippen LogP) is 2.92. The van der Waals surface area contributed by atoms with E-state index in [4.69, 9.17) is 11.6 Å². The minimum Gasteiger partial charge on any atom is -0.309 e. The van der Waals surface area contributed by atoms with E-state index in [0.717, 1.165) is 0 Å². The lowest BCUT2D eigenvalue weighted by Crippen LogP contribution is -2.22. The second-order valence-corrected chi connectivity index (χ2v) is 5.74. The lowest BCUT2D eigenvalue weighted by Gasteiger charge is -2.07. The number of fused-ring (bicyclic) bond motifs is 1. The van der Waals surface area contributed by atoms with Crippen LogP contribution in [0.3, 0.4) is 0 Å². The zero-order valence-corrected chi connectivity index (χ0v) is 12.2. The van der Waals surface area contributed by atoms with E-state index in [9.17, 15) is 18.0 Å². The van der Waals surface area contributed by atoms with Gasteiger partial charge in [0.15, 0.2) is 0 Å². The number of halogens is 4. The van der Waals surface area contributed by atoms with Gasteiger partial charge in [0.1, 0.15) is 5.82 Å². The molecule has 0 spiro atoms. The maximum atomic E-state index is 11.9. The average Bonchev–Trinajstić information content (AvgIpc) is 2.36. The van der Waals surface area contributed by atoms with Gasteiger partial charge in [-0.1, -0.05) is 11.6 Å². The minimum atomic E-state index is -4.23. The highest BCUT2D eigenvalue weighted by molar-refractivity contribution is 8.00. The first kappa shape index (κ1) is 16.1. The zero-order chi connectivity index (χ0) is 15.5. The van der Waals surface area contributed by atoms with Crippen LogP contribution in [0.4, 0.5) is 13.2 Å². The molecule has 0 fully saturated rings. The summed E-state index contributed by atoms with van der Waals surface area (Å²) in [5, 5.41) is 3.67. The van der Waals surface area contributed by atoms with Crippen molar-refractivity contribution in [2.45, 2.75) is 12.1 Å². The molecule has 9 heteroatoms. The average molecular weight is 338 g/mol. The molecule has 2 N–H and O–H groups in total. The Kier molecular flexibility index (Phi) is 5.13. The number of rotatable bonds is 5. The molecular formula is C12H11ClF3N3OS. The summed E-state index contributed by atoms with van der Waals surface area (Å²) in [5.41, 5.74) is -4.08. The first-order valence-corrected chi connectivity index (χ1v) is 7.31. The quantitative estimate of drug-likeness (QED) is 0.824. The van der Waals surface area contributed by atoms with Gasteiger partial charge in [-0.25, -0.2) is 4.98 Å². The van der Waals surface area contributed by atoms with Gasteiger partial charge < -0.3 is 10.3 Å². The third-order valence-corrected chi connectivity index (χ3v) is 3.53. The van der Waals surface area contributed by atoms with Crippen molar-refractivity contribution in [2.24, 2.45) is 0 Å². The maximum Gasteiger partial charge on any atom is 0.441 e. The Morgan fingerprint density at radius 2 is 2.14 bits per heavy atom. The Morgan fingerprint density at radius 3 is 2.86 bits per heavy atom. The number of hydrogen-bond acceptors (Lipinski definition) is 4. The van der Waals surface area contributed by atoms with Crippen molar-refractivity contribution in [1.29, 1.82) is 0 Å². The highest BCUT2D eigenvalue weighted by atomic mass is 35.5. The zero-order valence-electron chi connectivity index (χ0n) is 10.6. The van der Waals surface area contributed by atoms with Gasteiger partial charge in [-0.2, -0.15) is 13.2 Å². The molecule has 114 valence electrons. The summed E-state index contributed by atoms with van der Waals surface area (Å²) >= 11 is 5.74. The number of aromatic amines is 1. The molecule has 0 aliphatic rings. The Balaban J connectivity index is 1.98. The first-order valence-electron chi connectivity index (χ1n) is 5.95. The van der Waals surface area contributed by atoms with Crippen molar-refractivity contribution in [2.75, 3.05) is 12.3 Å². The number of nitrogens with zero attached hydrogens (tertiary/aromatic N) is 1. The molecule has 21 heavy (non-hydrogen) atoms. The van der Waals surface area contributed by atoms with E-state index in [-0.39, 0.29) is 36.2 Å². The van der Waals surface area contributed by atoms with Gasteiger partial charge in [0.05, 0.1) is 17.4 Å². The molecule has 2 aromatic rings. The number of nitrogens with one attached hydrogen (secondary N) is 2. The number of H-pyrrole nitrogens is 1. The van der Waals surface area contributed by atoms with Crippen molar-refractivity contribution >= 4 is 34.3 Å². The summed E-state index contributed by atoms with van der Waals surface area (Å²) in [7, 11) is 0. The number of hydrogen-bond donors (Lipinski definition) is 2. The van der Waals surface area contributed by atoms with Crippen LogP contribution in [0.25, 0.3) is 10.9 Å². The van der Waals surface area contributed by atoms with Crippen LogP contribution in [0.1, 0.15) is 5.82 Å². The lowest BCUT2D eigenvalue weighted by molar-refractivity contribution is -0.0327. The molecule has 1 aromatic heterocycles. The molecule has 0 aliphatic heterocycles. The van der Waals surface area contributed by atoms with Crippen molar-refractivity contribution < 1.29 is 13.2 Å². The highest BCUT2D eigenvalue weighted by Crippen LogP contribution is 2.29. The Hall–Kier alpha value is -1.25. The van der Waals surface area contributed by atoms with Crippen LogP contribution in [0, 0.1) is 0 Å². The third kappa shape index (κ3) is 4.90. The van der Waals surface area contributed by atoms with E-state index in [2.05, 4.69) is 15.3 Å². The molecule has 0 bridgehead atoms. The standard InChI is InChI=1S/C12H11ClF3N3OS/c13-7-1-2-8-9(5-7)18-10(19-11(8)20)6-17-3-4-21-12(14,15)16/h1-2,5,17H,3-4,6H2,(H,18,19,20). The SMILES string of the molecule is O=c1[nH]c(CNCCSC(F)(F)F)nc2cc(Cl)ccc12. The highest BCUT2D eigenvalue weighted by Gasteiger charge is 2.27. The molecule has 1 aromatic carbocycles. The summed E-state index contributed by atoms with van der Waals surface area (Å²) in [6, 6.07) is 4.73. The monoisotopic (exact) mass is 337 g/mol. The van der Waals surface area contributed by atoms with Crippen molar-refractivity contribution in [3.8, 4) is 0 Å². The van der Waals surface area contributed by atoms with Crippen molar-refractivity contribution in [1.82, 2.24) is 15.3 Å². The molecule has 0 saturated heterocycles. The van der Waals surface area contributed by atoms with E-state index in [1.54, 1.807) is 18.2 Å². The molecule has 0 amide bonds. The Bertz CT molecular complexity index is 689. The van der Waals surface area contributed by atoms with E-state index < -0.39 is 5.51 Å². The minimum absolute atomic E-state index is 0.0959. The van der Waals surface area contributed by atoms with Gasteiger partial charge in [-0.15, -0.1) is 0 Å². The second-order valence-electron chi connectivity index (χ2n) is 4.15. The van der Waals surface area contributed by atoms with Crippen LogP contribution in [-0.2, 0) is 6.54 Å². The number of benzene rings is 1. The molecule has 0 radical (unpaired) electrons. The fourth-order valence-corrected chi connectivity index (χ4v) is 2.33. The van der Waals surface area contributed by atoms with Gasteiger partial charge in [0.25, 0.3) is 5.56 Å². The van der Waals surface area contributed by atoms with Crippen LogP contribution in [-0.4, -0.2) is 27.8 Å². The Morgan fingerprint density at radius 1 is 1.38 bits per heavy atom. The molecule has 1 heterocycles. The van der Waals surface area contributed by atoms with Crippen molar-refractivity contribution in [3.05, 3.63) is 39.4 Å².